The summed E-state index contributed by atoms with van der Waals surface area (Å²) in [6.45, 7) is 8.27. The van der Waals surface area contributed by atoms with Crippen LogP contribution in [0.3, 0.4) is 0 Å². The Labute approximate surface area is 88.0 Å². The van der Waals surface area contributed by atoms with E-state index in [1.807, 2.05) is 0 Å². The van der Waals surface area contributed by atoms with E-state index in [1.54, 1.807) is 0 Å². The molecular weight excluding hydrogens is 176 g/mol. The first-order chi connectivity index (χ1) is 6.69. The third kappa shape index (κ3) is 4.64. The lowest BCUT2D eigenvalue weighted by Crippen LogP contribution is -2.23. The minimum atomic E-state index is 0.00282. The van der Waals surface area contributed by atoms with E-state index in [4.69, 9.17) is 4.74 Å². The van der Waals surface area contributed by atoms with E-state index in [0.717, 1.165) is 32.1 Å². The molecule has 0 spiro atoms. The van der Waals surface area contributed by atoms with Gasteiger partial charge in [0.15, 0.2) is 0 Å². The van der Waals surface area contributed by atoms with Gasteiger partial charge in [0.2, 0.25) is 0 Å². The lowest BCUT2D eigenvalue weighted by molar-refractivity contribution is -0.154. The van der Waals surface area contributed by atoms with E-state index in [1.165, 1.54) is 0 Å². The van der Waals surface area contributed by atoms with E-state index >= 15 is 0 Å². The van der Waals surface area contributed by atoms with Gasteiger partial charge in [-0.1, -0.05) is 34.1 Å². The fraction of sp³-hybridized carbons (Fsp3) is 0.917. The van der Waals surface area contributed by atoms with Crippen molar-refractivity contribution >= 4 is 5.97 Å². The summed E-state index contributed by atoms with van der Waals surface area (Å²) < 4.78 is 5.42. The molecule has 0 rings (SSSR count). The SMILES string of the molecule is CCCC(CC)C(=O)OC(CC)CC. The largest absolute Gasteiger partial charge is 0.462 e. The Bertz CT molecular complexity index is 150. The molecule has 1 atom stereocenters. The molecule has 14 heavy (non-hydrogen) atoms. The summed E-state index contributed by atoms with van der Waals surface area (Å²) in [4.78, 5) is 11.7. The van der Waals surface area contributed by atoms with Gasteiger partial charge in [-0.15, -0.1) is 0 Å². The molecule has 0 aliphatic rings. The molecular formula is C12H24O2. The summed E-state index contributed by atoms with van der Waals surface area (Å²) in [5, 5.41) is 0. The first-order valence-corrected chi connectivity index (χ1v) is 5.89. The summed E-state index contributed by atoms with van der Waals surface area (Å²) in [5.41, 5.74) is 0. The molecule has 0 bridgehead atoms. The molecule has 0 heterocycles. The van der Waals surface area contributed by atoms with Gasteiger partial charge < -0.3 is 4.74 Å². The van der Waals surface area contributed by atoms with Gasteiger partial charge in [-0.2, -0.15) is 0 Å². The third-order valence-electron chi connectivity index (χ3n) is 2.66. The van der Waals surface area contributed by atoms with Crippen LogP contribution in [0.5, 0.6) is 0 Å². The van der Waals surface area contributed by atoms with Crippen LogP contribution >= 0.6 is 0 Å². The zero-order chi connectivity index (χ0) is 11.0. The topological polar surface area (TPSA) is 26.3 Å². The predicted molar refractivity (Wildman–Crippen MR) is 59.2 cm³/mol. The number of ether oxygens (including phenoxy) is 1. The van der Waals surface area contributed by atoms with Crippen molar-refractivity contribution in [2.75, 3.05) is 0 Å². The first-order valence-electron chi connectivity index (χ1n) is 5.89. The van der Waals surface area contributed by atoms with Crippen molar-refractivity contribution in [3.63, 3.8) is 0 Å². The second-order valence-corrected chi connectivity index (χ2v) is 3.77. The fourth-order valence-electron chi connectivity index (χ4n) is 1.55. The van der Waals surface area contributed by atoms with Crippen LogP contribution in [-0.2, 0) is 9.53 Å². The smallest absolute Gasteiger partial charge is 0.309 e. The molecule has 2 heteroatoms. The van der Waals surface area contributed by atoms with E-state index in [2.05, 4.69) is 27.7 Å². The van der Waals surface area contributed by atoms with Gasteiger partial charge in [0, 0.05) is 0 Å². The maximum atomic E-state index is 11.7. The molecule has 0 aromatic heterocycles. The van der Waals surface area contributed by atoms with E-state index in [9.17, 15) is 4.79 Å². The maximum absolute atomic E-state index is 11.7. The average molecular weight is 200 g/mol. The highest BCUT2D eigenvalue weighted by molar-refractivity contribution is 5.72. The Morgan fingerprint density at radius 1 is 1.07 bits per heavy atom. The van der Waals surface area contributed by atoms with Crippen molar-refractivity contribution in [1.29, 1.82) is 0 Å². The van der Waals surface area contributed by atoms with Crippen LogP contribution in [0.25, 0.3) is 0 Å². The van der Waals surface area contributed by atoms with Gasteiger partial charge in [-0.3, -0.25) is 4.79 Å². The molecule has 0 fully saturated rings. The van der Waals surface area contributed by atoms with E-state index in [-0.39, 0.29) is 18.0 Å². The molecule has 0 aliphatic heterocycles. The summed E-state index contributed by atoms with van der Waals surface area (Å²) in [6, 6.07) is 0. The van der Waals surface area contributed by atoms with Crippen LogP contribution in [0.15, 0.2) is 0 Å². The van der Waals surface area contributed by atoms with E-state index < -0.39 is 0 Å². The average Bonchev–Trinajstić information content (AvgIpc) is 2.22. The highest BCUT2D eigenvalue weighted by Crippen LogP contribution is 2.15. The van der Waals surface area contributed by atoms with Crippen molar-refractivity contribution in [2.45, 2.75) is 65.9 Å². The molecule has 0 amide bonds. The summed E-state index contributed by atoms with van der Waals surface area (Å²) in [5.74, 6) is 0.114. The van der Waals surface area contributed by atoms with Crippen molar-refractivity contribution in [1.82, 2.24) is 0 Å². The van der Waals surface area contributed by atoms with Crippen molar-refractivity contribution in [3.8, 4) is 0 Å². The van der Waals surface area contributed by atoms with Crippen LogP contribution in [0.4, 0.5) is 0 Å². The zero-order valence-corrected chi connectivity index (χ0v) is 10.0. The van der Waals surface area contributed by atoms with Crippen LogP contribution in [0.1, 0.15) is 59.8 Å². The Kier molecular flexibility index (Phi) is 7.54. The standard InChI is InChI=1S/C12H24O2/c1-5-9-10(6-2)12(13)14-11(7-3)8-4/h10-11H,5-9H2,1-4H3. The maximum Gasteiger partial charge on any atom is 0.309 e. The monoisotopic (exact) mass is 200 g/mol. The van der Waals surface area contributed by atoms with Gasteiger partial charge in [0.25, 0.3) is 0 Å². The normalized spacial score (nSPS) is 12.9. The second kappa shape index (κ2) is 7.84. The molecule has 0 saturated heterocycles. The Morgan fingerprint density at radius 3 is 2.00 bits per heavy atom. The predicted octanol–water partition coefficient (Wildman–Crippen LogP) is 3.54. The highest BCUT2D eigenvalue weighted by atomic mass is 16.5. The number of rotatable bonds is 7. The van der Waals surface area contributed by atoms with Crippen LogP contribution in [0.2, 0.25) is 0 Å². The van der Waals surface area contributed by atoms with Crippen molar-refractivity contribution in [3.05, 3.63) is 0 Å². The van der Waals surface area contributed by atoms with Crippen LogP contribution in [-0.4, -0.2) is 12.1 Å². The minimum absolute atomic E-state index is 0.00282. The minimum Gasteiger partial charge on any atom is -0.462 e. The molecule has 0 aliphatic carbocycles. The number of carbonyl (C=O) groups is 1. The summed E-state index contributed by atoms with van der Waals surface area (Å²) in [6.07, 6.45) is 4.86. The van der Waals surface area contributed by atoms with Gasteiger partial charge in [0.1, 0.15) is 6.10 Å². The molecule has 0 aromatic rings. The Hall–Kier alpha value is -0.530. The highest BCUT2D eigenvalue weighted by Gasteiger charge is 2.19. The van der Waals surface area contributed by atoms with Gasteiger partial charge >= 0.3 is 5.97 Å². The molecule has 1 unspecified atom stereocenters. The van der Waals surface area contributed by atoms with Crippen LogP contribution < -0.4 is 0 Å². The lowest BCUT2D eigenvalue weighted by Gasteiger charge is -2.18. The number of hydrogen-bond acceptors (Lipinski definition) is 2. The number of esters is 1. The zero-order valence-electron chi connectivity index (χ0n) is 10.0. The quantitative estimate of drug-likeness (QED) is 0.587. The van der Waals surface area contributed by atoms with E-state index in [0.29, 0.717) is 0 Å². The fourth-order valence-corrected chi connectivity index (χ4v) is 1.55. The summed E-state index contributed by atoms with van der Waals surface area (Å²) >= 11 is 0. The Morgan fingerprint density at radius 2 is 1.64 bits per heavy atom. The second-order valence-electron chi connectivity index (χ2n) is 3.77. The van der Waals surface area contributed by atoms with Gasteiger partial charge in [-0.25, -0.2) is 0 Å². The molecule has 0 radical (unpaired) electrons. The van der Waals surface area contributed by atoms with Gasteiger partial charge in [0.05, 0.1) is 5.92 Å². The van der Waals surface area contributed by atoms with Gasteiger partial charge in [-0.05, 0) is 25.7 Å². The first kappa shape index (κ1) is 13.5. The van der Waals surface area contributed by atoms with Crippen molar-refractivity contribution in [2.24, 2.45) is 5.92 Å². The molecule has 84 valence electrons. The van der Waals surface area contributed by atoms with Crippen molar-refractivity contribution < 1.29 is 9.53 Å². The lowest BCUT2D eigenvalue weighted by atomic mass is 10.0. The molecule has 2 nitrogen and oxygen atoms in total. The summed E-state index contributed by atoms with van der Waals surface area (Å²) in [7, 11) is 0. The number of hydrogen-bond donors (Lipinski definition) is 0. The molecule has 0 saturated carbocycles. The third-order valence-corrected chi connectivity index (χ3v) is 2.66. The molecule has 0 N–H and O–H groups in total. The molecule has 0 aromatic carbocycles. The number of carbonyl (C=O) groups excluding carboxylic acids is 1. The van der Waals surface area contributed by atoms with Crippen LogP contribution in [0, 0.1) is 5.92 Å². The Balaban J connectivity index is 4.01.